The zero-order valence-corrected chi connectivity index (χ0v) is 12.3. The molecule has 1 heterocycles. The molecule has 0 radical (unpaired) electrons. The summed E-state index contributed by atoms with van der Waals surface area (Å²) >= 11 is 1.18. The van der Waals surface area contributed by atoms with Crippen LogP contribution in [-0.4, -0.2) is 46.4 Å². The number of carbonyl (C=O) groups excluding carboxylic acids is 1. The second-order valence-corrected chi connectivity index (χ2v) is 4.68. The van der Waals surface area contributed by atoms with Gasteiger partial charge in [-0.25, -0.2) is 0 Å². The number of nitrogens with zero attached hydrogens (tertiary/aromatic N) is 3. The summed E-state index contributed by atoms with van der Waals surface area (Å²) in [6, 6.07) is 0.237. The third-order valence-electron chi connectivity index (χ3n) is 1.78. The lowest BCUT2D eigenvalue weighted by Gasteiger charge is -2.09. The van der Waals surface area contributed by atoms with Crippen LogP contribution < -0.4 is 10.1 Å². The Labute approximate surface area is 116 Å². The molecule has 0 atom stereocenters. The third-order valence-corrected chi connectivity index (χ3v) is 2.60. The van der Waals surface area contributed by atoms with Gasteiger partial charge in [-0.2, -0.15) is 15.0 Å². The molecule has 1 aromatic heterocycles. The van der Waals surface area contributed by atoms with Gasteiger partial charge < -0.3 is 14.8 Å². The fourth-order valence-electron chi connectivity index (χ4n) is 1.10. The van der Waals surface area contributed by atoms with Gasteiger partial charge in [0.1, 0.15) is 0 Å². The molecule has 19 heavy (non-hydrogen) atoms. The van der Waals surface area contributed by atoms with Crippen LogP contribution in [0.25, 0.3) is 0 Å². The number of anilines is 1. The summed E-state index contributed by atoms with van der Waals surface area (Å²) in [6.45, 7) is 5.89. The first-order valence-electron chi connectivity index (χ1n) is 5.94. The molecule has 106 valence electrons. The Balaban J connectivity index is 2.73. The molecule has 0 aliphatic rings. The predicted octanol–water partition coefficient (Wildman–Crippen LogP) is 1.36. The van der Waals surface area contributed by atoms with E-state index in [2.05, 4.69) is 20.3 Å². The number of esters is 1. The first-order valence-corrected chi connectivity index (χ1v) is 6.92. The first kappa shape index (κ1) is 15.5. The SMILES string of the molecule is CCOC(=O)CSc1nc(NC)nc(OC(C)C)n1. The Bertz CT molecular complexity index is 428. The summed E-state index contributed by atoms with van der Waals surface area (Å²) in [7, 11) is 1.70. The Hall–Kier alpha value is -1.57. The van der Waals surface area contributed by atoms with Crippen LogP contribution in [0, 0.1) is 0 Å². The van der Waals surface area contributed by atoms with Crippen molar-refractivity contribution in [2.24, 2.45) is 0 Å². The molecule has 1 N–H and O–H groups in total. The number of ether oxygens (including phenoxy) is 2. The molecule has 0 aliphatic carbocycles. The molecule has 8 heteroatoms. The minimum atomic E-state index is -0.301. The first-order chi connectivity index (χ1) is 9.05. The van der Waals surface area contributed by atoms with Crippen LogP contribution in [0.1, 0.15) is 20.8 Å². The molecule has 0 saturated carbocycles. The fourth-order valence-corrected chi connectivity index (χ4v) is 1.73. The Morgan fingerprint density at radius 3 is 2.68 bits per heavy atom. The smallest absolute Gasteiger partial charge is 0.322 e. The van der Waals surface area contributed by atoms with Gasteiger partial charge in [0.05, 0.1) is 18.5 Å². The Morgan fingerprint density at radius 2 is 2.11 bits per heavy atom. The number of rotatable bonds is 7. The topological polar surface area (TPSA) is 86.2 Å². The molecule has 0 bridgehead atoms. The molecule has 0 saturated heterocycles. The van der Waals surface area contributed by atoms with Gasteiger partial charge in [0.15, 0.2) is 5.16 Å². The molecule has 1 rings (SSSR count). The minimum Gasteiger partial charge on any atom is -0.465 e. The van der Waals surface area contributed by atoms with Crippen molar-refractivity contribution in [3.8, 4) is 6.01 Å². The van der Waals surface area contributed by atoms with E-state index >= 15 is 0 Å². The van der Waals surface area contributed by atoms with E-state index in [0.717, 1.165) is 0 Å². The van der Waals surface area contributed by atoms with Gasteiger partial charge in [0.2, 0.25) is 5.95 Å². The van der Waals surface area contributed by atoms with Crippen molar-refractivity contribution in [3.05, 3.63) is 0 Å². The second-order valence-electron chi connectivity index (χ2n) is 3.73. The molecule has 1 aromatic rings. The molecular formula is C11H18N4O3S. The summed E-state index contributed by atoms with van der Waals surface area (Å²) in [6.07, 6.45) is -0.0324. The van der Waals surface area contributed by atoms with Gasteiger partial charge in [-0.1, -0.05) is 11.8 Å². The van der Waals surface area contributed by atoms with Crippen molar-refractivity contribution >= 4 is 23.7 Å². The number of aromatic nitrogens is 3. The number of hydrogen-bond donors (Lipinski definition) is 1. The molecule has 0 fully saturated rings. The maximum absolute atomic E-state index is 11.3. The van der Waals surface area contributed by atoms with Crippen molar-refractivity contribution in [2.75, 3.05) is 24.7 Å². The van der Waals surface area contributed by atoms with Crippen LogP contribution in [0.4, 0.5) is 5.95 Å². The van der Waals surface area contributed by atoms with E-state index in [1.165, 1.54) is 11.8 Å². The van der Waals surface area contributed by atoms with E-state index in [1.807, 2.05) is 13.8 Å². The Kier molecular flexibility index (Phi) is 6.34. The number of carbonyl (C=O) groups is 1. The normalized spacial score (nSPS) is 10.4. The maximum atomic E-state index is 11.3. The van der Waals surface area contributed by atoms with Crippen molar-refractivity contribution in [2.45, 2.75) is 32.0 Å². The summed E-state index contributed by atoms with van der Waals surface area (Å²) in [5, 5.41) is 3.24. The highest BCUT2D eigenvalue weighted by Crippen LogP contribution is 2.18. The standard InChI is InChI=1S/C11H18N4O3S/c1-5-17-8(16)6-19-11-14-9(12-4)13-10(15-11)18-7(2)3/h7H,5-6H2,1-4H3,(H,12,13,14,15). The van der Waals surface area contributed by atoms with E-state index in [0.29, 0.717) is 17.7 Å². The molecule has 0 aliphatic heterocycles. The summed E-state index contributed by atoms with van der Waals surface area (Å²) in [5.74, 6) is 0.254. The van der Waals surface area contributed by atoms with E-state index in [4.69, 9.17) is 9.47 Å². The van der Waals surface area contributed by atoms with Crippen molar-refractivity contribution < 1.29 is 14.3 Å². The van der Waals surface area contributed by atoms with Gasteiger partial charge in [0, 0.05) is 7.05 Å². The number of hydrogen-bond acceptors (Lipinski definition) is 8. The summed E-state index contributed by atoms with van der Waals surface area (Å²) in [5.41, 5.74) is 0. The lowest BCUT2D eigenvalue weighted by Crippen LogP contribution is -2.12. The lowest BCUT2D eigenvalue weighted by atomic mass is 10.5. The highest BCUT2D eigenvalue weighted by atomic mass is 32.2. The largest absolute Gasteiger partial charge is 0.465 e. The fraction of sp³-hybridized carbons (Fsp3) is 0.636. The third kappa shape index (κ3) is 5.73. The highest BCUT2D eigenvalue weighted by Gasteiger charge is 2.11. The quantitative estimate of drug-likeness (QED) is 0.594. The zero-order chi connectivity index (χ0) is 14.3. The van der Waals surface area contributed by atoms with Crippen LogP contribution in [-0.2, 0) is 9.53 Å². The van der Waals surface area contributed by atoms with Crippen molar-refractivity contribution in [1.29, 1.82) is 0 Å². The highest BCUT2D eigenvalue weighted by molar-refractivity contribution is 7.99. The second kappa shape index (κ2) is 7.78. The van der Waals surface area contributed by atoms with E-state index in [-0.39, 0.29) is 23.8 Å². The average molecular weight is 286 g/mol. The van der Waals surface area contributed by atoms with Crippen LogP contribution in [0.2, 0.25) is 0 Å². The van der Waals surface area contributed by atoms with Gasteiger partial charge in [-0.05, 0) is 20.8 Å². The average Bonchev–Trinajstić information content (AvgIpc) is 2.35. The minimum absolute atomic E-state index is 0.0324. The Morgan fingerprint density at radius 1 is 1.37 bits per heavy atom. The number of thioether (sulfide) groups is 1. The van der Waals surface area contributed by atoms with Gasteiger partial charge >= 0.3 is 12.0 Å². The van der Waals surface area contributed by atoms with Gasteiger partial charge in [-0.15, -0.1) is 0 Å². The molecule has 0 amide bonds. The van der Waals surface area contributed by atoms with E-state index in [9.17, 15) is 4.79 Å². The van der Waals surface area contributed by atoms with Gasteiger partial charge in [0.25, 0.3) is 0 Å². The van der Waals surface area contributed by atoms with Crippen molar-refractivity contribution in [1.82, 2.24) is 15.0 Å². The maximum Gasteiger partial charge on any atom is 0.322 e. The van der Waals surface area contributed by atoms with Crippen molar-refractivity contribution in [3.63, 3.8) is 0 Å². The lowest BCUT2D eigenvalue weighted by molar-refractivity contribution is -0.139. The molecule has 7 nitrogen and oxygen atoms in total. The predicted molar refractivity (Wildman–Crippen MR) is 72.5 cm³/mol. The molecule has 0 unspecified atom stereocenters. The molecule has 0 aromatic carbocycles. The van der Waals surface area contributed by atoms with Crippen LogP contribution in [0.3, 0.4) is 0 Å². The summed E-state index contributed by atoms with van der Waals surface area (Å²) < 4.78 is 10.3. The van der Waals surface area contributed by atoms with E-state index < -0.39 is 0 Å². The van der Waals surface area contributed by atoms with Gasteiger partial charge in [-0.3, -0.25) is 4.79 Å². The molecular weight excluding hydrogens is 268 g/mol. The van der Waals surface area contributed by atoms with Crippen LogP contribution in [0.15, 0.2) is 5.16 Å². The zero-order valence-electron chi connectivity index (χ0n) is 11.5. The molecule has 0 spiro atoms. The van der Waals surface area contributed by atoms with Crippen LogP contribution >= 0.6 is 11.8 Å². The summed E-state index contributed by atoms with van der Waals surface area (Å²) in [4.78, 5) is 23.6. The van der Waals surface area contributed by atoms with E-state index in [1.54, 1.807) is 14.0 Å². The monoisotopic (exact) mass is 286 g/mol. The van der Waals surface area contributed by atoms with Crippen LogP contribution in [0.5, 0.6) is 6.01 Å². The number of nitrogens with one attached hydrogen (secondary N) is 1.